The summed E-state index contributed by atoms with van der Waals surface area (Å²) in [6, 6.07) is 6.61. The molecule has 0 unspecified atom stereocenters. The van der Waals surface area contributed by atoms with E-state index in [0.717, 1.165) is 17.3 Å². The zero-order valence-electron chi connectivity index (χ0n) is 6.94. The van der Waals surface area contributed by atoms with Gasteiger partial charge in [0, 0.05) is 17.5 Å². The zero-order valence-corrected chi connectivity index (χ0v) is 8.53. The van der Waals surface area contributed by atoms with E-state index in [-0.39, 0.29) is 10.6 Å². The van der Waals surface area contributed by atoms with Crippen molar-refractivity contribution in [2.24, 2.45) is 0 Å². The molecule has 0 amide bonds. The number of nitro groups is 1. The first-order valence-corrected chi connectivity index (χ1v) is 5.00. The van der Waals surface area contributed by atoms with Crippen molar-refractivity contribution in [3.63, 3.8) is 0 Å². The number of nitro benzene ring substituents is 1. The van der Waals surface area contributed by atoms with Crippen LogP contribution in [0, 0.1) is 16.5 Å². The van der Waals surface area contributed by atoms with Crippen molar-refractivity contribution in [3.8, 4) is 0 Å². The van der Waals surface area contributed by atoms with Crippen molar-refractivity contribution in [1.29, 1.82) is 0 Å². The van der Waals surface area contributed by atoms with E-state index >= 15 is 0 Å². The third-order valence-corrected chi connectivity index (χ3v) is 2.03. The number of benzene rings is 1. The quantitative estimate of drug-likeness (QED) is 0.463. The first-order chi connectivity index (χ1) is 6.24. The Bertz CT molecular complexity index is 301. The van der Waals surface area contributed by atoms with Gasteiger partial charge in [-0.1, -0.05) is 28.1 Å². The molecule has 0 aliphatic rings. The van der Waals surface area contributed by atoms with E-state index < -0.39 is 0 Å². The van der Waals surface area contributed by atoms with Crippen molar-refractivity contribution in [2.75, 3.05) is 5.33 Å². The minimum absolute atomic E-state index is 0.142. The lowest BCUT2D eigenvalue weighted by atomic mass is 10.1. The van der Waals surface area contributed by atoms with Crippen LogP contribution in [-0.2, 0) is 0 Å². The fourth-order valence-corrected chi connectivity index (χ4v) is 1.22. The van der Waals surface area contributed by atoms with Crippen molar-refractivity contribution in [2.45, 2.75) is 6.42 Å². The molecule has 0 N–H and O–H groups in total. The first-order valence-electron chi connectivity index (χ1n) is 3.87. The average Bonchev–Trinajstić information content (AvgIpc) is 2.15. The number of non-ortho nitro benzene ring substituents is 1. The number of nitrogens with zero attached hydrogens (tertiary/aromatic N) is 1. The Morgan fingerprint density at radius 1 is 1.54 bits per heavy atom. The summed E-state index contributed by atoms with van der Waals surface area (Å²) in [7, 11) is 0. The largest absolute Gasteiger partial charge is 0.269 e. The molecule has 0 saturated carbocycles. The predicted molar refractivity (Wildman–Crippen MR) is 54.9 cm³/mol. The summed E-state index contributed by atoms with van der Waals surface area (Å²) >= 11 is 3.29. The van der Waals surface area contributed by atoms with Crippen LogP contribution >= 0.6 is 15.9 Å². The molecule has 0 aliphatic heterocycles. The number of hydrogen-bond acceptors (Lipinski definition) is 2. The molecule has 0 bridgehead atoms. The first kappa shape index (κ1) is 10.2. The van der Waals surface area contributed by atoms with Crippen LogP contribution in [0.25, 0.3) is 0 Å². The highest BCUT2D eigenvalue weighted by molar-refractivity contribution is 9.09. The molecule has 1 aromatic rings. The van der Waals surface area contributed by atoms with E-state index in [4.69, 9.17) is 0 Å². The SMILES string of the molecule is O=[N+]([O-])c1cccc([CH]CCBr)c1. The van der Waals surface area contributed by atoms with Crippen LogP contribution in [0.3, 0.4) is 0 Å². The summed E-state index contributed by atoms with van der Waals surface area (Å²) in [5.41, 5.74) is 1.04. The van der Waals surface area contributed by atoms with Gasteiger partial charge in [-0.3, -0.25) is 10.1 Å². The van der Waals surface area contributed by atoms with Gasteiger partial charge in [-0.25, -0.2) is 0 Å². The molecule has 1 aromatic carbocycles. The van der Waals surface area contributed by atoms with Gasteiger partial charge in [-0.05, 0) is 18.4 Å². The van der Waals surface area contributed by atoms with Crippen LogP contribution in [0.4, 0.5) is 5.69 Å². The van der Waals surface area contributed by atoms with Crippen molar-refractivity contribution >= 4 is 21.6 Å². The fourth-order valence-electron chi connectivity index (χ4n) is 0.987. The third-order valence-electron chi connectivity index (χ3n) is 1.57. The second-order valence-corrected chi connectivity index (χ2v) is 3.33. The monoisotopic (exact) mass is 242 g/mol. The Morgan fingerprint density at radius 3 is 2.92 bits per heavy atom. The molecule has 4 heteroatoms. The lowest BCUT2D eigenvalue weighted by Gasteiger charge is -1.97. The minimum Gasteiger partial charge on any atom is -0.258 e. The highest BCUT2D eigenvalue weighted by Crippen LogP contribution is 2.15. The highest BCUT2D eigenvalue weighted by Gasteiger charge is 2.04. The van der Waals surface area contributed by atoms with E-state index in [1.807, 2.05) is 12.5 Å². The Hall–Kier alpha value is -0.900. The number of halogens is 1. The predicted octanol–water partition coefficient (Wildman–Crippen LogP) is 2.93. The molecule has 3 nitrogen and oxygen atoms in total. The normalized spacial score (nSPS) is 9.92. The molecule has 0 aliphatic carbocycles. The van der Waals surface area contributed by atoms with Gasteiger partial charge in [0.15, 0.2) is 0 Å². The van der Waals surface area contributed by atoms with E-state index in [1.54, 1.807) is 12.1 Å². The van der Waals surface area contributed by atoms with Gasteiger partial charge in [0.05, 0.1) is 4.92 Å². The van der Waals surface area contributed by atoms with E-state index in [1.165, 1.54) is 6.07 Å². The van der Waals surface area contributed by atoms with Gasteiger partial charge in [0.2, 0.25) is 0 Å². The number of hydrogen-bond donors (Lipinski definition) is 0. The van der Waals surface area contributed by atoms with E-state index in [9.17, 15) is 10.1 Å². The van der Waals surface area contributed by atoms with Crippen LogP contribution in [0.1, 0.15) is 12.0 Å². The standard InChI is InChI=1S/C9H9BrNO2/c10-6-2-4-8-3-1-5-9(7-8)11(12)13/h1,3-5,7H,2,6H2. The summed E-state index contributed by atoms with van der Waals surface area (Å²) in [5, 5.41) is 11.3. The highest BCUT2D eigenvalue weighted by atomic mass is 79.9. The smallest absolute Gasteiger partial charge is 0.258 e. The van der Waals surface area contributed by atoms with Crippen molar-refractivity contribution < 1.29 is 4.92 Å². The summed E-state index contributed by atoms with van der Waals surface area (Å²) < 4.78 is 0. The Balaban J connectivity index is 2.73. The van der Waals surface area contributed by atoms with Crippen molar-refractivity contribution in [3.05, 3.63) is 46.4 Å². The lowest BCUT2D eigenvalue weighted by molar-refractivity contribution is -0.384. The van der Waals surface area contributed by atoms with Gasteiger partial charge >= 0.3 is 0 Å². The Kier molecular flexibility index (Phi) is 3.89. The lowest BCUT2D eigenvalue weighted by Crippen LogP contribution is -1.89. The molecular weight excluding hydrogens is 234 g/mol. The maximum atomic E-state index is 10.4. The second-order valence-electron chi connectivity index (χ2n) is 2.53. The topological polar surface area (TPSA) is 43.1 Å². The molecule has 0 heterocycles. The Labute approximate surface area is 85.0 Å². The van der Waals surface area contributed by atoms with E-state index in [2.05, 4.69) is 15.9 Å². The molecule has 1 rings (SSSR count). The number of rotatable bonds is 4. The van der Waals surface area contributed by atoms with Crippen molar-refractivity contribution in [1.82, 2.24) is 0 Å². The third kappa shape index (κ3) is 3.14. The maximum Gasteiger partial charge on any atom is 0.269 e. The molecule has 0 aromatic heterocycles. The van der Waals surface area contributed by atoms with Gasteiger partial charge in [0.25, 0.3) is 5.69 Å². The van der Waals surface area contributed by atoms with Gasteiger partial charge in [-0.2, -0.15) is 0 Å². The summed E-state index contributed by atoms with van der Waals surface area (Å²) in [4.78, 5) is 10.0. The van der Waals surface area contributed by atoms with E-state index in [0.29, 0.717) is 0 Å². The molecule has 13 heavy (non-hydrogen) atoms. The van der Waals surface area contributed by atoms with Crippen LogP contribution in [-0.4, -0.2) is 10.3 Å². The molecule has 0 spiro atoms. The number of alkyl halides is 1. The fraction of sp³-hybridized carbons (Fsp3) is 0.222. The minimum atomic E-state index is -0.383. The van der Waals surface area contributed by atoms with Gasteiger partial charge in [0.1, 0.15) is 0 Å². The van der Waals surface area contributed by atoms with Gasteiger partial charge < -0.3 is 0 Å². The Morgan fingerprint density at radius 2 is 2.31 bits per heavy atom. The molecule has 1 radical (unpaired) electrons. The molecular formula is C9H9BrNO2. The summed E-state index contributed by atoms with van der Waals surface area (Å²) in [6.45, 7) is 0. The summed E-state index contributed by atoms with van der Waals surface area (Å²) in [5.74, 6) is 0. The maximum absolute atomic E-state index is 10.4. The molecule has 0 fully saturated rings. The van der Waals surface area contributed by atoms with Crippen LogP contribution < -0.4 is 0 Å². The zero-order chi connectivity index (χ0) is 9.68. The van der Waals surface area contributed by atoms with Crippen LogP contribution in [0.5, 0.6) is 0 Å². The molecule has 69 valence electrons. The average molecular weight is 243 g/mol. The van der Waals surface area contributed by atoms with Crippen LogP contribution in [0.15, 0.2) is 24.3 Å². The van der Waals surface area contributed by atoms with Gasteiger partial charge in [-0.15, -0.1) is 0 Å². The van der Waals surface area contributed by atoms with Crippen LogP contribution in [0.2, 0.25) is 0 Å². The molecule has 0 atom stereocenters. The summed E-state index contributed by atoms with van der Waals surface area (Å²) in [6.07, 6.45) is 2.84. The molecule has 0 saturated heterocycles. The second kappa shape index (κ2) is 4.97.